The smallest absolute Gasteiger partial charge is 0.354 e. The third kappa shape index (κ3) is 9.91. The number of benzene rings is 4. The molecule has 0 aliphatic rings. The zero-order chi connectivity index (χ0) is 35.8. The second-order valence-corrected chi connectivity index (χ2v) is 14.2. The van der Waals surface area contributed by atoms with E-state index < -0.39 is 56.9 Å². The zero-order valence-electron chi connectivity index (χ0n) is 26.3. The van der Waals surface area contributed by atoms with Crippen LogP contribution in [-0.4, -0.2) is 44.3 Å². The van der Waals surface area contributed by atoms with E-state index in [1.165, 1.54) is 41.3 Å². The van der Waals surface area contributed by atoms with Crippen LogP contribution in [-0.2, 0) is 38.8 Å². The Hall–Kier alpha value is -3.77. The lowest BCUT2D eigenvalue weighted by atomic mass is 10.0. The summed E-state index contributed by atoms with van der Waals surface area (Å²) in [7, 11) is -4.63. The van der Waals surface area contributed by atoms with Crippen LogP contribution in [0.25, 0.3) is 0 Å². The van der Waals surface area contributed by atoms with Gasteiger partial charge in [0, 0.05) is 19.5 Å². The largest absolute Gasteiger partial charge is 0.417 e. The van der Waals surface area contributed by atoms with Crippen LogP contribution < -0.4 is 9.62 Å². The Morgan fingerprint density at radius 1 is 0.816 bits per heavy atom. The second kappa shape index (κ2) is 16.8. The Kier molecular flexibility index (Phi) is 13.0. The summed E-state index contributed by atoms with van der Waals surface area (Å²) in [5, 5.41) is 2.66. The fourth-order valence-electron chi connectivity index (χ4n) is 5.03. The second-order valence-electron chi connectivity index (χ2n) is 11.1. The van der Waals surface area contributed by atoms with Gasteiger partial charge >= 0.3 is 6.18 Å². The number of sulfonamides is 1. The predicted octanol–water partition coefficient (Wildman–Crippen LogP) is 8.42. The number of nitrogens with one attached hydrogen (secondary N) is 1. The van der Waals surface area contributed by atoms with Gasteiger partial charge in [-0.05, 0) is 60.0 Å². The number of halogens is 6. The van der Waals surface area contributed by atoms with Crippen LogP contribution in [0.2, 0.25) is 15.1 Å². The van der Waals surface area contributed by atoms with Crippen molar-refractivity contribution in [1.29, 1.82) is 0 Å². The third-order valence-corrected chi connectivity index (χ3v) is 10.4. The molecule has 49 heavy (non-hydrogen) atoms. The highest BCUT2D eigenvalue weighted by molar-refractivity contribution is 7.92. The average molecular weight is 755 g/mol. The van der Waals surface area contributed by atoms with E-state index in [9.17, 15) is 31.2 Å². The van der Waals surface area contributed by atoms with Crippen molar-refractivity contribution in [2.75, 3.05) is 17.4 Å². The molecule has 4 rings (SSSR count). The molecule has 7 nitrogen and oxygen atoms in total. The molecule has 1 N–H and O–H groups in total. The van der Waals surface area contributed by atoms with Gasteiger partial charge in [-0.15, -0.1) is 0 Å². The van der Waals surface area contributed by atoms with Gasteiger partial charge in [-0.1, -0.05) is 103 Å². The molecule has 0 aliphatic heterocycles. The van der Waals surface area contributed by atoms with Gasteiger partial charge in [0.15, 0.2) is 0 Å². The third-order valence-electron chi connectivity index (χ3n) is 7.59. The van der Waals surface area contributed by atoms with Crippen molar-refractivity contribution in [3.8, 4) is 0 Å². The van der Waals surface area contributed by atoms with Gasteiger partial charge in [-0.25, -0.2) is 8.42 Å². The molecule has 0 aliphatic carbocycles. The normalized spacial score (nSPS) is 12.3. The molecular formula is C35H33Cl3F3N3O4S. The number of alkyl halides is 3. The highest BCUT2D eigenvalue weighted by atomic mass is 35.5. The lowest BCUT2D eigenvalue weighted by Crippen LogP contribution is -2.53. The first-order valence-corrected chi connectivity index (χ1v) is 17.8. The van der Waals surface area contributed by atoms with Gasteiger partial charge in [0.1, 0.15) is 12.6 Å². The molecule has 1 atom stereocenters. The molecule has 0 fully saturated rings. The molecule has 0 aromatic heterocycles. The van der Waals surface area contributed by atoms with E-state index in [-0.39, 0.29) is 27.9 Å². The molecule has 0 saturated heterocycles. The van der Waals surface area contributed by atoms with E-state index in [2.05, 4.69) is 5.32 Å². The maximum atomic E-state index is 14.5. The first kappa shape index (κ1) is 38.0. The monoisotopic (exact) mass is 753 g/mol. The van der Waals surface area contributed by atoms with Crippen molar-refractivity contribution in [2.45, 2.75) is 49.8 Å². The number of hydrogen-bond donors (Lipinski definition) is 1. The quantitative estimate of drug-likeness (QED) is 0.131. The molecule has 1 unspecified atom stereocenters. The number of anilines is 1. The minimum atomic E-state index is -4.92. The number of carbonyl (C=O) groups excluding carboxylic acids is 2. The lowest BCUT2D eigenvalue weighted by Gasteiger charge is -2.34. The van der Waals surface area contributed by atoms with Gasteiger partial charge in [0.2, 0.25) is 11.8 Å². The first-order valence-electron chi connectivity index (χ1n) is 15.2. The maximum Gasteiger partial charge on any atom is 0.417 e. The van der Waals surface area contributed by atoms with E-state index in [1.54, 1.807) is 42.5 Å². The molecule has 0 radical (unpaired) electrons. The molecule has 260 valence electrons. The predicted molar refractivity (Wildman–Crippen MR) is 186 cm³/mol. The Morgan fingerprint density at radius 2 is 1.45 bits per heavy atom. The molecule has 4 aromatic carbocycles. The van der Waals surface area contributed by atoms with Gasteiger partial charge in [-0.2, -0.15) is 13.2 Å². The summed E-state index contributed by atoms with van der Waals surface area (Å²) in [5.41, 5.74) is -0.537. The summed E-state index contributed by atoms with van der Waals surface area (Å²) in [4.78, 5) is 29.3. The van der Waals surface area contributed by atoms with E-state index in [0.717, 1.165) is 18.6 Å². The first-order chi connectivity index (χ1) is 23.2. The van der Waals surface area contributed by atoms with Crippen LogP contribution in [0.15, 0.2) is 102 Å². The molecule has 0 spiro atoms. The Balaban J connectivity index is 1.86. The molecule has 0 saturated carbocycles. The Bertz CT molecular complexity index is 1860. The minimum absolute atomic E-state index is 0.0520. The SMILES string of the molecule is CCCCNC(=O)C(Cc1ccccc1)N(Cc1ccc(Cl)c(Cl)c1)C(=O)CN(c1ccc(Cl)c(C(F)(F)F)c1)S(=O)(=O)c1ccccc1. The van der Waals surface area contributed by atoms with Crippen LogP contribution in [0.1, 0.15) is 36.5 Å². The van der Waals surface area contributed by atoms with Crippen LogP contribution in [0.5, 0.6) is 0 Å². The fraction of sp³-hybridized carbons (Fsp3) is 0.257. The fourth-order valence-corrected chi connectivity index (χ4v) is 7.00. The number of amides is 2. The maximum absolute atomic E-state index is 14.5. The lowest BCUT2D eigenvalue weighted by molar-refractivity contribution is -0.140. The van der Waals surface area contributed by atoms with E-state index >= 15 is 0 Å². The molecule has 14 heteroatoms. The number of rotatable bonds is 14. The van der Waals surface area contributed by atoms with Crippen molar-refractivity contribution in [3.63, 3.8) is 0 Å². The summed E-state index contributed by atoms with van der Waals surface area (Å²) in [5.74, 6) is -1.35. The number of nitrogens with zero attached hydrogens (tertiary/aromatic N) is 2. The van der Waals surface area contributed by atoms with Crippen LogP contribution in [0.4, 0.5) is 18.9 Å². The van der Waals surface area contributed by atoms with Gasteiger partial charge in [0.25, 0.3) is 10.0 Å². The topological polar surface area (TPSA) is 86.8 Å². The summed E-state index contributed by atoms with van der Waals surface area (Å²) in [6.45, 7) is 1.12. The van der Waals surface area contributed by atoms with Crippen molar-refractivity contribution >= 4 is 62.3 Å². The highest BCUT2D eigenvalue weighted by Crippen LogP contribution is 2.38. The van der Waals surface area contributed by atoms with Crippen molar-refractivity contribution < 1.29 is 31.2 Å². The Labute approximate surface area is 298 Å². The van der Waals surface area contributed by atoms with Crippen LogP contribution >= 0.6 is 34.8 Å². The summed E-state index contributed by atoms with van der Waals surface area (Å²) in [6.07, 6.45) is -3.40. The number of hydrogen-bond acceptors (Lipinski definition) is 4. The van der Waals surface area contributed by atoms with Crippen LogP contribution in [0, 0.1) is 0 Å². The zero-order valence-corrected chi connectivity index (χ0v) is 29.3. The van der Waals surface area contributed by atoms with Crippen LogP contribution in [0.3, 0.4) is 0 Å². The average Bonchev–Trinajstić information content (AvgIpc) is 3.07. The standard InChI is InChI=1S/C35H33Cl3F3N3O4S/c1-2-3-18-42-34(46)32(20-24-10-6-4-7-11-24)43(22-25-14-16-30(37)31(38)19-25)33(45)23-44(49(47,48)27-12-8-5-9-13-27)26-15-17-29(36)28(21-26)35(39,40)41/h4-17,19,21,32H,2-3,18,20,22-23H2,1H3,(H,42,46). The highest BCUT2D eigenvalue weighted by Gasteiger charge is 2.37. The van der Waals surface area contributed by atoms with Gasteiger partial charge in [0.05, 0.1) is 31.2 Å². The van der Waals surface area contributed by atoms with Crippen molar-refractivity contribution in [3.05, 3.63) is 129 Å². The molecule has 4 aromatic rings. The van der Waals surface area contributed by atoms with E-state index in [0.29, 0.717) is 34.5 Å². The van der Waals surface area contributed by atoms with Crippen molar-refractivity contribution in [1.82, 2.24) is 10.2 Å². The van der Waals surface area contributed by atoms with E-state index in [4.69, 9.17) is 34.8 Å². The van der Waals surface area contributed by atoms with E-state index in [1.807, 2.05) is 6.92 Å². The summed E-state index contributed by atoms with van der Waals surface area (Å²) >= 11 is 18.3. The van der Waals surface area contributed by atoms with Gasteiger partial charge < -0.3 is 10.2 Å². The summed E-state index contributed by atoms with van der Waals surface area (Å²) < 4.78 is 70.6. The van der Waals surface area contributed by atoms with Crippen molar-refractivity contribution in [2.24, 2.45) is 0 Å². The minimum Gasteiger partial charge on any atom is -0.354 e. The van der Waals surface area contributed by atoms with Gasteiger partial charge in [-0.3, -0.25) is 13.9 Å². The molecule has 2 amide bonds. The number of carbonyl (C=O) groups is 2. The number of unbranched alkanes of at least 4 members (excludes halogenated alkanes) is 1. The Morgan fingerprint density at radius 3 is 2.06 bits per heavy atom. The molecule has 0 bridgehead atoms. The molecule has 0 heterocycles. The summed E-state index contributed by atoms with van der Waals surface area (Å²) in [6, 6.07) is 22.0. The molecular weight excluding hydrogens is 722 g/mol.